The average Bonchev–Trinajstić information content (AvgIpc) is 2.72. The van der Waals surface area contributed by atoms with Crippen LogP contribution in [-0.2, 0) is 0 Å². The highest BCUT2D eigenvalue weighted by Gasteiger charge is 2.17. The second kappa shape index (κ2) is 11.5. The molecule has 1 fully saturated rings. The Balaban J connectivity index is 0.00000160. The van der Waals surface area contributed by atoms with Gasteiger partial charge in [0, 0.05) is 17.5 Å². The Morgan fingerprint density at radius 1 is 0.833 bits per heavy atom. The smallest absolute Gasteiger partial charge is 0.252 e. The molecule has 0 aliphatic heterocycles. The fourth-order valence-corrected chi connectivity index (χ4v) is 4.00. The van der Waals surface area contributed by atoms with Crippen molar-refractivity contribution in [2.75, 3.05) is 6.54 Å². The molecule has 155 valence electrons. The van der Waals surface area contributed by atoms with Crippen molar-refractivity contribution >= 4 is 16.8 Å². The second-order valence-corrected chi connectivity index (χ2v) is 7.64. The van der Waals surface area contributed by atoms with Gasteiger partial charge in [-0.2, -0.15) is 0 Å². The number of benzene rings is 2. The van der Waals surface area contributed by atoms with Gasteiger partial charge in [-0.1, -0.05) is 95.5 Å². The van der Waals surface area contributed by atoms with Gasteiger partial charge in [-0.25, -0.2) is 4.98 Å². The number of carbonyl (C=O) groups is 1. The lowest BCUT2D eigenvalue weighted by molar-refractivity contribution is 0.0955. The number of amides is 1. The van der Waals surface area contributed by atoms with Crippen LogP contribution in [0.1, 0.15) is 55.3 Å². The summed E-state index contributed by atoms with van der Waals surface area (Å²) in [5, 5.41) is 4.09. The fraction of sp³-hybridized carbons (Fsp3) is 0.296. The van der Waals surface area contributed by atoms with E-state index in [0.29, 0.717) is 12.1 Å². The van der Waals surface area contributed by atoms with E-state index in [4.69, 9.17) is 4.98 Å². The van der Waals surface area contributed by atoms with Gasteiger partial charge in [-0.05, 0) is 30.9 Å². The molecular formula is C27H31N2O. The summed E-state index contributed by atoms with van der Waals surface area (Å²) < 4.78 is 0. The number of fused-ring (bicyclic) bond motifs is 1. The van der Waals surface area contributed by atoms with Gasteiger partial charge >= 0.3 is 0 Å². The Hall–Kier alpha value is -2.68. The van der Waals surface area contributed by atoms with Crippen LogP contribution in [0.3, 0.4) is 0 Å². The van der Waals surface area contributed by atoms with Crippen molar-refractivity contribution in [2.45, 2.75) is 44.9 Å². The van der Waals surface area contributed by atoms with Crippen LogP contribution in [0.25, 0.3) is 22.2 Å². The molecule has 1 saturated carbocycles. The van der Waals surface area contributed by atoms with Crippen molar-refractivity contribution in [3.63, 3.8) is 0 Å². The standard InChI is InChI=1S/C25H27N2O.2CH2/c28-25(26-18-19-11-5-2-1-3-6-12-19)22-17-24(20-13-7-4-8-14-20)27-23-16-10-9-15-21(22)23;;/h4,7-10,13-17H,1-3,5-6,11-12,18H2,(H,26,28);2*1H2. The van der Waals surface area contributed by atoms with Crippen molar-refractivity contribution in [3.8, 4) is 11.3 Å². The van der Waals surface area contributed by atoms with E-state index in [1.54, 1.807) is 0 Å². The van der Waals surface area contributed by atoms with Crippen molar-refractivity contribution < 1.29 is 4.79 Å². The molecule has 1 aliphatic carbocycles. The number of pyridine rings is 1. The SMILES string of the molecule is O=C(NC[C]1CCCCCCC1)c1cc(-c2ccccc2)nc2ccccc12.[CH2].[CH2]. The molecule has 0 saturated heterocycles. The predicted octanol–water partition coefficient (Wildman–Crippen LogP) is 6.60. The van der Waals surface area contributed by atoms with E-state index in [-0.39, 0.29) is 20.8 Å². The van der Waals surface area contributed by atoms with E-state index >= 15 is 0 Å². The summed E-state index contributed by atoms with van der Waals surface area (Å²) in [6.07, 6.45) is 8.77. The van der Waals surface area contributed by atoms with Crippen molar-refractivity contribution in [2.24, 2.45) is 0 Å². The lowest BCUT2D eigenvalue weighted by atomic mass is 9.91. The highest BCUT2D eigenvalue weighted by molar-refractivity contribution is 6.07. The molecule has 3 nitrogen and oxygen atoms in total. The molecule has 1 N–H and O–H groups in total. The lowest BCUT2D eigenvalue weighted by Crippen LogP contribution is -2.29. The third-order valence-electron chi connectivity index (χ3n) is 5.59. The minimum Gasteiger partial charge on any atom is -0.351 e. The first-order valence-electron chi connectivity index (χ1n) is 10.4. The lowest BCUT2D eigenvalue weighted by Gasteiger charge is -2.19. The molecular weight excluding hydrogens is 368 g/mol. The van der Waals surface area contributed by atoms with Gasteiger partial charge in [-0.15, -0.1) is 0 Å². The van der Waals surface area contributed by atoms with E-state index in [9.17, 15) is 4.79 Å². The van der Waals surface area contributed by atoms with Gasteiger partial charge < -0.3 is 5.32 Å². The molecule has 2 aromatic carbocycles. The zero-order valence-corrected chi connectivity index (χ0v) is 17.7. The van der Waals surface area contributed by atoms with Crippen LogP contribution in [0.2, 0.25) is 0 Å². The van der Waals surface area contributed by atoms with Crippen LogP contribution in [0.15, 0.2) is 60.7 Å². The number of hydrogen-bond donors (Lipinski definition) is 1. The normalized spacial score (nSPS) is 14.7. The molecule has 5 radical (unpaired) electrons. The van der Waals surface area contributed by atoms with E-state index in [1.807, 2.05) is 60.7 Å². The second-order valence-electron chi connectivity index (χ2n) is 7.64. The number of hydrogen-bond acceptors (Lipinski definition) is 2. The van der Waals surface area contributed by atoms with Crippen LogP contribution in [0.5, 0.6) is 0 Å². The molecule has 1 amide bonds. The van der Waals surface area contributed by atoms with Crippen molar-refractivity contribution in [1.29, 1.82) is 0 Å². The van der Waals surface area contributed by atoms with Crippen LogP contribution < -0.4 is 5.32 Å². The molecule has 4 rings (SSSR count). The summed E-state index contributed by atoms with van der Waals surface area (Å²) in [6.45, 7) is 0.691. The topological polar surface area (TPSA) is 42.0 Å². The maximum atomic E-state index is 13.1. The van der Waals surface area contributed by atoms with Crippen LogP contribution in [0, 0.1) is 20.8 Å². The molecule has 30 heavy (non-hydrogen) atoms. The third-order valence-corrected chi connectivity index (χ3v) is 5.59. The highest BCUT2D eigenvalue weighted by Crippen LogP contribution is 2.26. The van der Waals surface area contributed by atoms with Crippen molar-refractivity contribution in [1.82, 2.24) is 10.3 Å². The molecule has 0 bridgehead atoms. The van der Waals surface area contributed by atoms with E-state index in [1.165, 1.54) is 38.0 Å². The minimum atomic E-state index is -0.00894. The number of nitrogens with one attached hydrogen (secondary N) is 1. The largest absolute Gasteiger partial charge is 0.351 e. The quantitative estimate of drug-likeness (QED) is 0.537. The van der Waals surface area contributed by atoms with Gasteiger partial charge in [0.1, 0.15) is 0 Å². The Kier molecular flexibility index (Phi) is 9.04. The molecule has 3 heteroatoms. The average molecular weight is 400 g/mol. The molecule has 0 atom stereocenters. The van der Waals surface area contributed by atoms with Crippen LogP contribution >= 0.6 is 0 Å². The number of nitrogens with zero attached hydrogens (tertiary/aromatic N) is 1. The molecule has 1 aliphatic rings. The van der Waals surface area contributed by atoms with Crippen LogP contribution in [-0.4, -0.2) is 17.4 Å². The first-order valence-corrected chi connectivity index (χ1v) is 10.4. The Labute approximate surface area is 181 Å². The summed E-state index contributed by atoms with van der Waals surface area (Å²) in [5.41, 5.74) is 3.42. The maximum Gasteiger partial charge on any atom is 0.252 e. The molecule has 0 spiro atoms. The van der Waals surface area contributed by atoms with Crippen LogP contribution in [0.4, 0.5) is 0 Å². The van der Waals surface area contributed by atoms with Crippen molar-refractivity contribution in [3.05, 3.63) is 87.0 Å². The van der Waals surface area contributed by atoms with E-state index < -0.39 is 0 Å². The molecule has 1 aromatic heterocycles. The van der Waals surface area contributed by atoms with Gasteiger partial charge in [0.15, 0.2) is 0 Å². The Morgan fingerprint density at radius 2 is 1.47 bits per heavy atom. The number of rotatable bonds is 4. The van der Waals surface area contributed by atoms with Gasteiger partial charge in [0.05, 0.1) is 16.8 Å². The zero-order valence-electron chi connectivity index (χ0n) is 17.7. The number of para-hydroxylation sites is 1. The monoisotopic (exact) mass is 399 g/mol. The predicted molar refractivity (Wildman–Crippen MR) is 126 cm³/mol. The summed E-state index contributed by atoms with van der Waals surface area (Å²) >= 11 is 0. The molecule has 3 aromatic rings. The van der Waals surface area contributed by atoms with Gasteiger partial charge in [0.2, 0.25) is 0 Å². The summed E-state index contributed by atoms with van der Waals surface area (Å²) in [5.74, 6) is 1.47. The Morgan fingerprint density at radius 3 is 2.20 bits per heavy atom. The first-order chi connectivity index (χ1) is 13.8. The number of carbonyl (C=O) groups excluding carboxylic acids is 1. The Bertz CT molecular complexity index is 928. The zero-order chi connectivity index (χ0) is 19.2. The maximum absolute atomic E-state index is 13.1. The van der Waals surface area contributed by atoms with Gasteiger partial charge in [-0.3, -0.25) is 4.79 Å². The van der Waals surface area contributed by atoms with Gasteiger partial charge in [0.25, 0.3) is 5.91 Å². The summed E-state index contributed by atoms with van der Waals surface area (Å²) in [6, 6.07) is 19.9. The highest BCUT2D eigenvalue weighted by atomic mass is 16.1. The minimum absolute atomic E-state index is 0. The molecule has 0 unspecified atom stereocenters. The summed E-state index contributed by atoms with van der Waals surface area (Å²) in [4.78, 5) is 17.9. The van der Waals surface area contributed by atoms with E-state index in [2.05, 4.69) is 5.32 Å². The number of aromatic nitrogens is 1. The first kappa shape index (κ1) is 23.6. The van der Waals surface area contributed by atoms with E-state index in [0.717, 1.165) is 35.0 Å². The molecule has 1 heterocycles. The fourth-order valence-electron chi connectivity index (χ4n) is 4.00. The summed E-state index contributed by atoms with van der Waals surface area (Å²) in [7, 11) is 0. The third kappa shape index (κ3) is 5.69.